The molecule has 0 aliphatic carbocycles. The third-order valence-corrected chi connectivity index (χ3v) is 4.85. The first-order valence-electron chi connectivity index (χ1n) is 9.24. The zero-order valence-corrected chi connectivity index (χ0v) is 16.3. The Morgan fingerprint density at radius 1 is 1.07 bits per heavy atom. The minimum Gasteiger partial charge on any atom is -0.333 e. The SMILES string of the molecule is CC[C@@H](c1ccccn1)N(C)C(=O)c1cccc(-c2ccc(C)nc2C)c1. The Balaban J connectivity index is 1.91. The maximum atomic E-state index is 13.1. The standard InChI is InChI=1S/C23H25N3O/c1-5-22(21-11-6-7-14-24-21)26(4)23(27)19-10-8-9-18(15-19)20-13-12-16(2)25-17(20)3/h6-15,22H,5H2,1-4H3/t22-/m0/s1. The van der Waals surface area contributed by atoms with Gasteiger partial charge in [0, 0.05) is 35.8 Å². The van der Waals surface area contributed by atoms with Crippen LogP contribution in [-0.4, -0.2) is 27.8 Å². The summed E-state index contributed by atoms with van der Waals surface area (Å²) in [4.78, 5) is 23.9. The third kappa shape index (κ3) is 4.05. The Morgan fingerprint density at radius 2 is 1.89 bits per heavy atom. The number of carbonyl (C=O) groups excluding carboxylic acids is 1. The fourth-order valence-corrected chi connectivity index (χ4v) is 3.41. The molecule has 27 heavy (non-hydrogen) atoms. The largest absolute Gasteiger partial charge is 0.333 e. The molecule has 0 saturated carbocycles. The van der Waals surface area contributed by atoms with E-state index in [9.17, 15) is 4.79 Å². The van der Waals surface area contributed by atoms with Gasteiger partial charge in [-0.2, -0.15) is 0 Å². The first-order valence-corrected chi connectivity index (χ1v) is 9.24. The summed E-state index contributed by atoms with van der Waals surface area (Å²) in [7, 11) is 1.84. The molecule has 1 amide bonds. The number of nitrogens with zero attached hydrogens (tertiary/aromatic N) is 3. The Kier molecular flexibility index (Phi) is 5.65. The fraction of sp³-hybridized carbons (Fsp3) is 0.261. The molecule has 3 rings (SSSR count). The zero-order chi connectivity index (χ0) is 19.4. The van der Waals surface area contributed by atoms with E-state index in [0.29, 0.717) is 5.56 Å². The molecule has 0 unspecified atom stereocenters. The van der Waals surface area contributed by atoms with E-state index in [1.165, 1.54) is 0 Å². The summed E-state index contributed by atoms with van der Waals surface area (Å²) in [6.45, 7) is 6.05. The van der Waals surface area contributed by atoms with Crippen molar-refractivity contribution in [2.24, 2.45) is 0 Å². The van der Waals surface area contributed by atoms with Crippen molar-refractivity contribution >= 4 is 5.91 Å². The number of aromatic nitrogens is 2. The van der Waals surface area contributed by atoms with Crippen LogP contribution < -0.4 is 0 Å². The highest BCUT2D eigenvalue weighted by Crippen LogP contribution is 2.26. The van der Waals surface area contributed by atoms with Crippen molar-refractivity contribution in [3.63, 3.8) is 0 Å². The van der Waals surface area contributed by atoms with Crippen LogP contribution in [0.2, 0.25) is 0 Å². The van der Waals surface area contributed by atoms with Crippen LogP contribution >= 0.6 is 0 Å². The van der Waals surface area contributed by atoms with Crippen molar-refractivity contribution < 1.29 is 4.79 Å². The Bertz CT molecular complexity index is 937. The molecule has 0 fully saturated rings. The van der Waals surface area contributed by atoms with Crippen LogP contribution in [0, 0.1) is 13.8 Å². The van der Waals surface area contributed by atoms with Gasteiger partial charge in [-0.3, -0.25) is 14.8 Å². The van der Waals surface area contributed by atoms with Gasteiger partial charge in [0.1, 0.15) is 0 Å². The van der Waals surface area contributed by atoms with Crippen LogP contribution in [0.4, 0.5) is 0 Å². The van der Waals surface area contributed by atoms with E-state index in [1.807, 2.05) is 69.4 Å². The molecule has 0 bridgehead atoms. The zero-order valence-electron chi connectivity index (χ0n) is 16.3. The van der Waals surface area contributed by atoms with E-state index in [4.69, 9.17) is 0 Å². The lowest BCUT2D eigenvalue weighted by atomic mass is 10.0. The highest BCUT2D eigenvalue weighted by atomic mass is 16.2. The molecular formula is C23H25N3O. The molecule has 0 radical (unpaired) electrons. The first kappa shape index (κ1) is 18.8. The van der Waals surface area contributed by atoms with Crippen molar-refractivity contribution in [3.8, 4) is 11.1 Å². The van der Waals surface area contributed by atoms with Crippen LogP contribution in [0.15, 0.2) is 60.8 Å². The summed E-state index contributed by atoms with van der Waals surface area (Å²) in [6.07, 6.45) is 2.57. The number of benzene rings is 1. The van der Waals surface area contributed by atoms with E-state index in [1.54, 1.807) is 11.1 Å². The number of amides is 1. The average molecular weight is 359 g/mol. The molecule has 0 aliphatic rings. The molecule has 0 spiro atoms. The molecule has 1 aromatic carbocycles. The topological polar surface area (TPSA) is 46.1 Å². The van der Waals surface area contributed by atoms with Crippen LogP contribution in [0.5, 0.6) is 0 Å². The van der Waals surface area contributed by atoms with Gasteiger partial charge in [0.25, 0.3) is 5.91 Å². The summed E-state index contributed by atoms with van der Waals surface area (Å²) in [5, 5.41) is 0. The molecule has 0 saturated heterocycles. The number of aryl methyl sites for hydroxylation is 2. The average Bonchev–Trinajstić information content (AvgIpc) is 2.69. The van der Waals surface area contributed by atoms with Crippen molar-refractivity contribution in [2.75, 3.05) is 7.05 Å². The number of rotatable bonds is 5. The maximum Gasteiger partial charge on any atom is 0.254 e. The predicted octanol–water partition coefficient (Wildman–Crippen LogP) is 4.98. The summed E-state index contributed by atoms with van der Waals surface area (Å²) >= 11 is 0. The van der Waals surface area contributed by atoms with E-state index >= 15 is 0 Å². The smallest absolute Gasteiger partial charge is 0.254 e. The monoisotopic (exact) mass is 359 g/mol. The second-order valence-corrected chi connectivity index (χ2v) is 6.76. The molecular weight excluding hydrogens is 334 g/mol. The van der Waals surface area contributed by atoms with Gasteiger partial charge in [-0.25, -0.2) is 0 Å². The lowest BCUT2D eigenvalue weighted by Gasteiger charge is -2.27. The predicted molar refractivity (Wildman–Crippen MR) is 109 cm³/mol. The van der Waals surface area contributed by atoms with Crippen molar-refractivity contribution in [3.05, 3.63) is 83.4 Å². The molecule has 138 valence electrons. The van der Waals surface area contributed by atoms with E-state index < -0.39 is 0 Å². The molecule has 3 aromatic rings. The molecule has 2 heterocycles. The van der Waals surface area contributed by atoms with Gasteiger partial charge in [-0.1, -0.05) is 31.2 Å². The van der Waals surface area contributed by atoms with Crippen molar-refractivity contribution in [2.45, 2.75) is 33.2 Å². The second kappa shape index (κ2) is 8.12. The van der Waals surface area contributed by atoms with Gasteiger partial charge in [0.05, 0.1) is 11.7 Å². The molecule has 4 nitrogen and oxygen atoms in total. The third-order valence-electron chi connectivity index (χ3n) is 4.85. The van der Waals surface area contributed by atoms with Crippen molar-refractivity contribution in [1.29, 1.82) is 0 Å². The second-order valence-electron chi connectivity index (χ2n) is 6.76. The van der Waals surface area contributed by atoms with Crippen molar-refractivity contribution in [1.82, 2.24) is 14.9 Å². The van der Waals surface area contributed by atoms with Gasteiger partial charge in [-0.05, 0) is 56.2 Å². The molecule has 0 N–H and O–H groups in total. The van der Waals surface area contributed by atoms with Crippen LogP contribution in [0.1, 0.15) is 46.8 Å². The van der Waals surface area contributed by atoms with Gasteiger partial charge in [0.15, 0.2) is 0 Å². The van der Waals surface area contributed by atoms with Gasteiger partial charge in [0.2, 0.25) is 0 Å². The lowest BCUT2D eigenvalue weighted by molar-refractivity contribution is 0.0723. The van der Waals surface area contributed by atoms with Crippen LogP contribution in [0.25, 0.3) is 11.1 Å². The normalized spacial score (nSPS) is 11.9. The van der Waals surface area contributed by atoms with Crippen LogP contribution in [0.3, 0.4) is 0 Å². The van der Waals surface area contributed by atoms with Gasteiger partial charge in [-0.15, -0.1) is 0 Å². The van der Waals surface area contributed by atoms with E-state index in [2.05, 4.69) is 23.0 Å². The number of pyridine rings is 2. The van der Waals surface area contributed by atoms with E-state index in [-0.39, 0.29) is 11.9 Å². The fourth-order valence-electron chi connectivity index (χ4n) is 3.41. The number of hydrogen-bond acceptors (Lipinski definition) is 3. The van der Waals surface area contributed by atoms with Gasteiger partial charge >= 0.3 is 0 Å². The Morgan fingerprint density at radius 3 is 2.56 bits per heavy atom. The maximum absolute atomic E-state index is 13.1. The summed E-state index contributed by atoms with van der Waals surface area (Å²) in [5.41, 5.74) is 5.59. The van der Waals surface area contributed by atoms with E-state index in [0.717, 1.165) is 34.6 Å². The highest BCUT2D eigenvalue weighted by molar-refractivity contribution is 5.95. The minimum atomic E-state index is -0.0508. The molecule has 1 atom stereocenters. The number of carbonyl (C=O) groups is 1. The summed E-state index contributed by atoms with van der Waals surface area (Å²) in [5.74, 6) is -0.00734. The summed E-state index contributed by atoms with van der Waals surface area (Å²) < 4.78 is 0. The molecule has 2 aromatic heterocycles. The first-order chi connectivity index (χ1) is 13.0. The van der Waals surface area contributed by atoms with Gasteiger partial charge < -0.3 is 4.90 Å². The minimum absolute atomic E-state index is 0.00734. The highest BCUT2D eigenvalue weighted by Gasteiger charge is 2.22. The summed E-state index contributed by atoms with van der Waals surface area (Å²) in [6, 6.07) is 17.6. The lowest BCUT2D eigenvalue weighted by Crippen LogP contribution is -2.31. The van der Waals surface area contributed by atoms with Crippen LogP contribution in [-0.2, 0) is 0 Å². The number of hydrogen-bond donors (Lipinski definition) is 0. The Labute approximate surface area is 160 Å². The Hall–Kier alpha value is -3.01. The molecule has 4 heteroatoms. The quantitative estimate of drug-likeness (QED) is 0.645. The molecule has 0 aliphatic heterocycles.